The van der Waals surface area contributed by atoms with Gasteiger partial charge in [0.25, 0.3) is 0 Å². The van der Waals surface area contributed by atoms with Crippen LogP contribution in [0.4, 0.5) is 9.18 Å². The smallest absolute Gasteiger partial charge is 0.317 e. The molecule has 27 heavy (non-hydrogen) atoms. The Morgan fingerprint density at radius 2 is 2.22 bits per heavy atom. The van der Waals surface area contributed by atoms with E-state index in [9.17, 15) is 9.18 Å². The fourth-order valence-electron chi connectivity index (χ4n) is 3.22. The van der Waals surface area contributed by atoms with Gasteiger partial charge in [-0.3, -0.25) is 4.68 Å². The summed E-state index contributed by atoms with van der Waals surface area (Å²) in [7, 11) is 3.51. The number of benzene rings is 1. The Labute approximate surface area is 158 Å². The summed E-state index contributed by atoms with van der Waals surface area (Å²) in [4.78, 5) is 14.1. The monoisotopic (exact) mass is 376 g/mol. The number of rotatable bonds is 7. The van der Waals surface area contributed by atoms with Crippen LogP contribution < -0.4 is 5.32 Å². The molecule has 0 bridgehead atoms. The van der Waals surface area contributed by atoms with Crippen molar-refractivity contribution in [1.82, 2.24) is 20.0 Å². The number of halogens is 1. The number of carbonyl (C=O) groups is 1. The lowest BCUT2D eigenvalue weighted by molar-refractivity contribution is 0.103. The van der Waals surface area contributed by atoms with Crippen LogP contribution >= 0.6 is 0 Å². The maximum absolute atomic E-state index is 13.3. The molecule has 2 amide bonds. The van der Waals surface area contributed by atoms with Gasteiger partial charge in [-0.1, -0.05) is 12.1 Å². The highest BCUT2D eigenvalue weighted by molar-refractivity contribution is 5.74. The van der Waals surface area contributed by atoms with Gasteiger partial charge in [0.05, 0.1) is 32.1 Å². The van der Waals surface area contributed by atoms with Crippen molar-refractivity contribution in [2.75, 3.05) is 26.8 Å². The third-order valence-corrected chi connectivity index (χ3v) is 4.59. The van der Waals surface area contributed by atoms with E-state index in [1.807, 2.05) is 17.8 Å². The number of nitrogens with one attached hydrogen (secondary N) is 1. The predicted octanol–water partition coefficient (Wildman–Crippen LogP) is 1.99. The first kappa shape index (κ1) is 19.3. The molecule has 1 N–H and O–H groups in total. The van der Waals surface area contributed by atoms with Gasteiger partial charge >= 0.3 is 6.03 Å². The van der Waals surface area contributed by atoms with E-state index >= 15 is 0 Å². The van der Waals surface area contributed by atoms with Gasteiger partial charge in [0, 0.05) is 44.9 Å². The lowest BCUT2D eigenvalue weighted by Crippen LogP contribution is -2.43. The number of amides is 2. The molecule has 1 aliphatic heterocycles. The summed E-state index contributed by atoms with van der Waals surface area (Å²) in [6, 6.07) is 6.25. The summed E-state index contributed by atoms with van der Waals surface area (Å²) < 4.78 is 25.8. The Kier molecular flexibility index (Phi) is 6.41. The second-order valence-corrected chi connectivity index (χ2v) is 6.51. The predicted molar refractivity (Wildman–Crippen MR) is 97.5 cm³/mol. The standard InChI is InChI=1S/C19H25FN4O3/c1-23-18-6-8-24(19(25)21-7-9-26-2)11-16(18)17(22-23)13-27-12-14-4-3-5-15(20)10-14/h3-5,10H,6-9,11-13H2,1-2H3,(H,21,25). The number of methoxy groups -OCH3 is 1. The first-order chi connectivity index (χ1) is 13.1. The normalized spacial score (nSPS) is 13.5. The van der Waals surface area contributed by atoms with Gasteiger partial charge in [0.2, 0.25) is 0 Å². The molecule has 0 radical (unpaired) electrons. The van der Waals surface area contributed by atoms with E-state index in [0.717, 1.165) is 28.9 Å². The van der Waals surface area contributed by atoms with E-state index in [-0.39, 0.29) is 11.8 Å². The van der Waals surface area contributed by atoms with E-state index < -0.39 is 0 Å². The number of urea groups is 1. The molecule has 7 nitrogen and oxygen atoms in total. The van der Waals surface area contributed by atoms with Crippen LogP contribution in [0, 0.1) is 5.82 Å². The lowest BCUT2D eigenvalue weighted by atomic mass is 10.1. The third-order valence-electron chi connectivity index (χ3n) is 4.59. The number of hydrogen-bond acceptors (Lipinski definition) is 4. The first-order valence-electron chi connectivity index (χ1n) is 8.96. The molecule has 2 aromatic rings. The molecular formula is C19H25FN4O3. The first-order valence-corrected chi connectivity index (χ1v) is 8.96. The Morgan fingerprint density at radius 1 is 1.37 bits per heavy atom. The van der Waals surface area contributed by atoms with Crippen molar-refractivity contribution in [2.45, 2.75) is 26.2 Å². The molecule has 3 rings (SSSR count). The van der Waals surface area contributed by atoms with Crippen LogP contribution in [-0.2, 0) is 42.7 Å². The fourth-order valence-corrected chi connectivity index (χ4v) is 3.22. The number of carbonyl (C=O) groups excluding carboxylic acids is 1. The summed E-state index contributed by atoms with van der Waals surface area (Å²) in [6.07, 6.45) is 0.750. The highest BCUT2D eigenvalue weighted by Gasteiger charge is 2.26. The van der Waals surface area contributed by atoms with Crippen molar-refractivity contribution < 1.29 is 18.7 Å². The average Bonchev–Trinajstić information content (AvgIpc) is 2.97. The molecule has 0 unspecified atom stereocenters. The molecule has 1 aromatic carbocycles. The second kappa shape index (κ2) is 8.96. The summed E-state index contributed by atoms with van der Waals surface area (Å²) in [6.45, 7) is 2.74. The number of aromatic nitrogens is 2. The van der Waals surface area contributed by atoms with Crippen LogP contribution in [-0.4, -0.2) is 47.5 Å². The Balaban J connectivity index is 1.61. The fraction of sp³-hybridized carbons (Fsp3) is 0.474. The largest absolute Gasteiger partial charge is 0.383 e. The second-order valence-electron chi connectivity index (χ2n) is 6.51. The quantitative estimate of drug-likeness (QED) is 0.751. The van der Waals surface area contributed by atoms with E-state index in [2.05, 4.69) is 10.4 Å². The molecule has 146 valence electrons. The van der Waals surface area contributed by atoms with Crippen molar-refractivity contribution in [2.24, 2.45) is 7.05 Å². The zero-order chi connectivity index (χ0) is 19.2. The topological polar surface area (TPSA) is 68.6 Å². The minimum absolute atomic E-state index is 0.104. The molecule has 0 aliphatic carbocycles. The van der Waals surface area contributed by atoms with Crippen molar-refractivity contribution in [1.29, 1.82) is 0 Å². The van der Waals surface area contributed by atoms with Gasteiger partial charge in [-0.2, -0.15) is 5.10 Å². The van der Waals surface area contributed by atoms with Gasteiger partial charge in [-0.05, 0) is 17.7 Å². The summed E-state index contributed by atoms with van der Waals surface area (Å²) in [5.41, 5.74) is 3.75. The summed E-state index contributed by atoms with van der Waals surface area (Å²) in [5.74, 6) is -0.276. The van der Waals surface area contributed by atoms with Gasteiger partial charge in [-0.15, -0.1) is 0 Å². The van der Waals surface area contributed by atoms with E-state index in [0.29, 0.717) is 39.5 Å². The maximum Gasteiger partial charge on any atom is 0.317 e. The minimum atomic E-state index is -0.276. The molecular weight excluding hydrogens is 351 g/mol. The van der Waals surface area contributed by atoms with Crippen LogP contribution in [0.3, 0.4) is 0 Å². The van der Waals surface area contributed by atoms with E-state index in [1.165, 1.54) is 12.1 Å². The van der Waals surface area contributed by atoms with Crippen LogP contribution in [0.25, 0.3) is 0 Å². The maximum atomic E-state index is 13.3. The van der Waals surface area contributed by atoms with E-state index in [1.54, 1.807) is 18.1 Å². The molecule has 1 aromatic heterocycles. The van der Waals surface area contributed by atoms with Gasteiger partial charge < -0.3 is 19.7 Å². The molecule has 0 saturated heterocycles. The molecule has 1 aliphatic rings. The Hall–Kier alpha value is -2.45. The van der Waals surface area contributed by atoms with Crippen LogP contribution in [0.1, 0.15) is 22.5 Å². The van der Waals surface area contributed by atoms with Crippen molar-refractivity contribution in [3.63, 3.8) is 0 Å². The molecule has 0 atom stereocenters. The van der Waals surface area contributed by atoms with Gasteiger partial charge in [-0.25, -0.2) is 9.18 Å². The number of fused-ring (bicyclic) bond motifs is 1. The van der Waals surface area contributed by atoms with E-state index in [4.69, 9.17) is 9.47 Å². The van der Waals surface area contributed by atoms with Crippen molar-refractivity contribution in [3.05, 3.63) is 52.6 Å². The minimum Gasteiger partial charge on any atom is -0.383 e. The molecule has 0 fully saturated rings. The highest BCUT2D eigenvalue weighted by atomic mass is 19.1. The number of hydrogen-bond donors (Lipinski definition) is 1. The summed E-state index contributed by atoms with van der Waals surface area (Å²) >= 11 is 0. The number of nitrogens with zero attached hydrogens (tertiary/aromatic N) is 3. The van der Waals surface area contributed by atoms with Crippen LogP contribution in [0.2, 0.25) is 0 Å². The highest BCUT2D eigenvalue weighted by Crippen LogP contribution is 2.23. The van der Waals surface area contributed by atoms with Gasteiger partial charge in [0.15, 0.2) is 0 Å². The van der Waals surface area contributed by atoms with Crippen LogP contribution in [0.5, 0.6) is 0 Å². The number of aryl methyl sites for hydroxylation is 1. The van der Waals surface area contributed by atoms with Crippen molar-refractivity contribution in [3.8, 4) is 0 Å². The van der Waals surface area contributed by atoms with Crippen molar-refractivity contribution >= 4 is 6.03 Å². The number of ether oxygens (including phenoxy) is 2. The third kappa shape index (κ3) is 4.84. The zero-order valence-electron chi connectivity index (χ0n) is 15.7. The zero-order valence-corrected chi connectivity index (χ0v) is 15.7. The summed E-state index contributed by atoms with van der Waals surface area (Å²) in [5, 5.41) is 7.40. The molecule has 2 heterocycles. The molecule has 0 saturated carbocycles. The Morgan fingerprint density at radius 3 is 3.00 bits per heavy atom. The lowest BCUT2D eigenvalue weighted by Gasteiger charge is -2.27. The van der Waals surface area contributed by atoms with Crippen LogP contribution in [0.15, 0.2) is 24.3 Å². The van der Waals surface area contributed by atoms with Gasteiger partial charge in [0.1, 0.15) is 5.82 Å². The SMILES string of the molecule is COCCNC(=O)N1CCc2c(c(COCc3cccc(F)c3)nn2C)C1. The average molecular weight is 376 g/mol. The Bertz CT molecular complexity index is 793. The molecule has 8 heteroatoms. The molecule has 0 spiro atoms.